The summed E-state index contributed by atoms with van der Waals surface area (Å²) in [4.78, 5) is 3.95. The van der Waals surface area contributed by atoms with Crippen LogP contribution in [0.1, 0.15) is 0 Å². The molecule has 0 aliphatic heterocycles. The Morgan fingerprint density at radius 2 is 2.33 bits per heavy atom. The van der Waals surface area contributed by atoms with Crippen molar-refractivity contribution in [3.8, 4) is 0 Å². The van der Waals surface area contributed by atoms with Crippen LogP contribution in [0, 0.1) is 0 Å². The molecule has 2 nitrogen and oxygen atoms in total. The third-order valence-corrected chi connectivity index (χ3v) is 1.90. The highest BCUT2D eigenvalue weighted by Crippen LogP contribution is 2.15. The third-order valence-electron chi connectivity index (χ3n) is 1.01. The van der Waals surface area contributed by atoms with Gasteiger partial charge in [-0.25, -0.2) is 15.9 Å². The molecule has 0 aliphatic carbocycles. The second-order valence-electron chi connectivity index (χ2n) is 2.30. The summed E-state index contributed by atoms with van der Waals surface area (Å²) in [6, 6.07) is 0. The first kappa shape index (κ1) is 6.68. The topological polar surface area (TPSA) is 17.8 Å². The third kappa shape index (κ3) is 2.10. The van der Waals surface area contributed by atoms with Crippen LogP contribution in [0.2, 0.25) is 0 Å². The summed E-state index contributed by atoms with van der Waals surface area (Å²) in [7, 11) is 0.172. The molecule has 0 aliphatic rings. The van der Waals surface area contributed by atoms with Gasteiger partial charge >= 0.3 is 0 Å². The van der Waals surface area contributed by atoms with Crippen LogP contribution < -0.4 is 0 Å². The van der Waals surface area contributed by atoms with E-state index in [0.29, 0.717) is 0 Å². The van der Waals surface area contributed by atoms with E-state index in [1.807, 2.05) is 18.7 Å². The van der Waals surface area contributed by atoms with E-state index in [0.717, 1.165) is 5.88 Å². The van der Waals surface area contributed by atoms with E-state index < -0.39 is 0 Å². The Kier molecular flexibility index (Phi) is 2.16. The quantitative estimate of drug-likeness (QED) is 0.615. The SMILES string of the molecule is C[SH](C)Cn1ccnc1. The van der Waals surface area contributed by atoms with E-state index in [1.54, 1.807) is 0 Å². The van der Waals surface area contributed by atoms with Crippen molar-refractivity contribution in [2.24, 2.45) is 0 Å². The van der Waals surface area contributed by atoms with E-state index in [-0.39, 0.29) is 10.9 Å². The second kappa shape index (κ2) is 2.92. The molecule has 9 heavy (non-hydrogen) atoms. The van der Waals surface area contributed by atoms with Crippen LogP contribution in [0.3, 0.4) is 0 Å². The maximum atomic E-state index is 3.95. The lowest BCUT2D eigenvalue weighted by atomic mass is 10.9. The lowest BCUT2D eigenvalue weighted by Gasteiger charge is -2.08. The van der Waals surface area contributed by atoms with E-state index in [1.165, 1.54) is 0 Å². The van der Waals surface area contributed by atoms with Crippen LogP contribution in [0.4, 0.5) is 0 Å². The van der Waals surface area contributed by atoms with Gasteiger partial charge < -0.3 is 4.57 Å². The Morgan fingerprint density at radius 1 is 1.56 bits per heavy atom. The molecule has 0 spiro atoms. The van der Waals surface area contributed by atoms with Crippen molar-refractivity contribution in [3.05, 3.63) is 18.7 Å². The Balaban J connectivity index is 2.48. The van der Waals surface area contributed by atoms with Crippen LogP contribution >= 0.6 is 10.9 Å². The fraction of sp³-hybridized carbons (Fsp3) is 0.500. The molecule has 0 atom stereocenters. The molecule has 0 amide bonds. The van der Waals surface area contributed by atoms with E-state index in [2.05, 4.69) is 22.1 Å². The Hall–Kier alpha value is -0.440. The smallest absolute Gasteiger partial charge is 0.0952 e. The van der Waals surface area contributed by atoms with Crippen molar-refractivity contribution in [2.45, 2.75) is 5.88 Å². The summed E-state index contributed by atoms with van der Waals surface area (Å²) in [6.07, 6.45) is 10.2. The van der Waals surface area contributed by atoms with Crippen molar-refractivity contribution in [1.82, 2.24) is 9.55 Å². The molecule has 1 heterocycles. The molecular weight excluding hydrogens is 132 g/mol. The van der Waals surface area contributed by atoms with Crippen molar-refractivity contribution in [3.63, 3.8) is 0 Å². The van der Waals surface area contributed by atoms with Gasteiger partial charge in [-0.2, -0.15) is 0 Å². The van der Waals surface area contributed by atoms with Crippen LogP contribution in [-0.2, 0) is 5.88 Å². The van der Waals surface area contributed by atoms with Crippen molar-refractivity contribution in [2.75, 3.05) is 12.5 Å². The van der Waals surface area contributed by atoms with E-state index >= 15 is 0 Å². The fourth-order valence-corrected chi connectivity index (χ4v) is 1.52. The minimum atomic E-state index is 0.172. The maximum absolute atomic E-state index is 3.95. The number of nitrogens with zero attached hydrogens (tertiary/aromatic N) is 2. The first-order valence-electron chi connectivity index (χ1n) is 2.89. The average molecular weight is 144 g/mol. The molecule has 1 aromatic heterocycles. The minimum absolute atomic E-state index is 0.172. The number of thiol groups is 1. The van der Waals surface area contributed by atoms with Crippen molar-refractivity contribution < 1.29 is 0 Å². The predicted molar refractivity (Wildman–Crippen MR) is 43.1 cm³/mol. The van der Waals surface area contributed by atoms with E-state index in [9.17, 15) is 0 Å². The van der Waals surface area contributed by atoms with Gasteiger partial charge in [-0.15, -0.1) is 0 Å². The zero-order chi connectivity index (χ0) is 6.69. The molecule has 3 heteroatoms. The average Bonchev–Trinajstić information content (AvgIpc) is 2.15. The van der Waals surface area contributed by atoms with Gasteiger partial charge in [-0.3, -0.25) is 0 Å². The first-order chi connectivity index (χ1) is 4.29. The van der Waals surface area contributed by atoms with Gasteiger partial charge in [0.1, 0.15) is 0 Å². The lowest BCUT2D eigenvalue weighted by molar-refractivity contribution is 0.887. The van der Waals surface area contributed by atoms with Gasteiger partial charge in [0.25, 0.3) is 0 Å². The van der Waals surface area contributed by atoms with Crippen molar-refractivity contribution >= 4 is 10.9 Å². The number of rotatable bonds is 2. The Labute approximate surface area is 58.3 Å². The summed E-state index contributed by atoms with van der Waals surface area (Å²) in [5, 5.41) is 0. The second-order valence-corrected chi connectivity index (χ2v) is 4.74. The highest BCUT2D eigenvalue weighted by Gasteiger charge is 1.88. The molecule has 0 saturated heterocycles. The molecule has 0 saturated carbocycles. The standard InChI is InChI=1S/C6H12N2S/c1-9(2)6-8-4-3-7-5-8/h3-5,9H,6H2,1-2H3. The first-order valence-corrected chi connectivity index (χ1v) is 5.31. The van der Waals surface area contributed by atoms with Gasteiger partial charge in [0.2, 0.25) is 0 Å². The van der Waals surface area contributed by atoms with Crippen LogP contribution in [-0.4, -0.2) is 22.1 Å². The number of hydrogen-bond donors (Lipinski definition) is 1. The molecule has 1 rings (SSSR count). The van der Waals surface area contributed by atoms with Gasteiger partial charge in [-0.05, 0) is 12.5 Å². The highest BCUT2D eigenvalue weighted by atomic mass is 32.2. The summed E-state index contributed by atoms with van der Waals surface area (Å²) in [5.74, 6) is 1.13. The summed E-state index contributed by atoms with van der Waals surface area (Å²) in [6.45, 7) is 0. The largest absolute Gasteiger partial charge is 0.329 e. The summed E-state index contributed by atoms with van der Waals surface area (Å²) in [5.41, 5.74) is 0. The van der Waals surface area contributed by atoms with Gasteiger partial charge in [0.05, 0.1) is 12.2 Å². The predicted octanol–water partition coefficient (Wildman–Crippen LogP) is 1.10. The monoisotopic (exact) mass is 144 g/mol. The van der Waals surface area contributed by atoms with Crippen LogP contribution in [0.25, 0.3) is 0 Å². The molecule has 0 N–H and O–H groups in total. The molecule has 0 aromatic carbocycles. The summed E-state index contributed by atoms with van der Waals surface area (Å²) >= 11 is 0. The molecule has 0 bridgehead atoms. The Bertz CT molecular complexity index is 158. The van der Waals surface area contributed by atoms with Crippen LogP contribution in [0.15, 0.2) is 18.7 Å². The van der Waals surface area contributed by atoms with Gasteiger partial charge in [0, 0.05) is 12.4 Å². The van der Waals surface area contributed by atoms with E-state index in [4.69, 9.17) is 0 Å². The Morgan fingerprint density at radius 3 is 2.78 bits per heavy atom. The zero-order valence-electron chi connectivity index (χ0n) is 5.78. The van der Waals surface area contributed by atoms with Crippen LogP contribution in [0.5, 0.6) is 0 Å². The lowest BCUT2D eigenvalue weighted by Crippen LogP contribution is -1.92. The number of aromatic nitrogens is 2. The number of hydrogen-bond acceptors (Lipinski definition) is 1. The number of imidazole rings is 1. The fourth-order valence-electron chi connectivity index (χ4n) is 0.697. The highest BCUT2D eigenvalue weighted by molar-refractivity contribution is 8.14. The molecule has 52 valence electrons. The molecular formula is C6H12N2S. The molecule has 0 fully saturated rings. The zero-order valence-corrected chi connectivity index (χ0v) is 6.68. The molecule has 0 radical (unpaired) electrons. The van der Waals surface area contributed by atoms with Crippen molar-refractivity contribution in [1.29, 1.82) is 0 Å². The van der Waals surface area contributed by atoms with Gasteiger partial charge in [0.15, 0.2) is 0 Å². The van der Waals surface area contributed by atoms with Gasteiger partial charge in [-0.1, -0.05) is 0 Å². The molecule has 1 aromatic rings. The maximum Gasteiger partial charge on any atom is 0.0952 e. The summed E-state index contributed by atoms with van der Waals surface area (Å²) < 4.78 is 2.12. The minimum Gasteiger partial charge on any atom is -0.329 e. The molecule has 0 unspecified atom stereocenters. The normalized spacial score (nSPS) is 11.6.